The lowest BCUT2D eigenvalue weighted by Crippen LogP contribution is -2.44. The summed E-state index contributed by atoms with van der Waals surface area (Å²) < 4.78 is 0. The van der Waals surface area contributed by atoms with Crippen molar-refractivity contribution in [2.75, 3.05) is 6.54 Å². The fraction of sp³-hybridized carbons (Fsp3) is 0.625. The van der Waals surface area contributed by atoms with Gasteiger partial charge < -0.3 is 5.73 Å². The molecule has 0 radical (unpaired) electrons. The van der Waals surface area contributed by atoms with Gasteiger partial charge in [-0.2, -0.15) is 0 Å². The zero-order valence-electron chi connectivity index (χ0n) is 11.3. The average molecular weight is 244 g/mol. The van der Waals surface area contributed by atoms with Crippen LogP contribution in [0.15, 0.2) is 30.3 Å². The van der Waals surface area contributed by atoms with E-state index in [4.69, 9.17) is 5.73 Å². The van der Waals surface area contributed by atoms with Crippen molar-refractivity contribution >= 4 is 0 Å². The van der Waals surface area contributed by atoms with Crippen molar-refractivity contribution in [3.8, 4) is 0 Å². The van der Waals surface area contributed by atoms with Crippen LogP contribution >= 0.6 is 0 Å². The van der Waals surface area contributed by atoms with E-state index in [1.54, 1.807) is 0 Å². The molecule has 98 valence electrons. The third-order valence-electron chi connectivity index (χ3n) is 4.99. The van der Waals surface area contributed by atoms with Crippen molar-refractivity contribution in [2.24, 2.45) is 11.1 Å². The van der Waals surface area contributed by atoms with Gasteiger partial charge in [-0.1, -0.05) is 30.3 Å². The molecule has 1 aliphatic heterocycles. The Balaban J connectivity index is 1.72. The van der Waals surface area contributed by atoms with E-state index in [9.17, 15) is 0 Å². The van der Waals surface area contributed by atoms with Crippen LogP contribution < -0.4 is 5.73 Å². The van der Waals surface area contributed by atoms with Crippen LogP contribution in [0.4, 0.5) is 0 Å². The van der Waals surface area contributed by atoms with Gasteiger partial charge in [-0.05, 0) is 44.7 Å². The number of hydrogen-bond acceptors (Lipinski definition) is 2. The number of hydrogen-bond donors (Lipinski definition) is 1. The molecule has 1 aromatic carbocycles. The van der Waals surface area contributed by atoms with Gasteiger partial charge in [0, 0.05) is 24.0 Å². The van der Waals surface area contributed by atoms with E-state index >= 15 is 0 Å². The van der Waals surface area contributed by atoms with Gasteiger partial charge in [-0.15, -0.1) is 0 Å². The molecule has 0 aromatic heterocycles. The van der Waals surface area contributed by atoms with E-state index in [1.165, 1.54) is 37.8 Å². The summed E-state index contributed by atoms with van der Waals surface area (Å²) in [6, 6.07) is 11.9. The molecule has 0 amide bonds. The predicted octanol–water partition coefficient (Wildman–Crippen LogP) is 2.78. The molecule has 1 heterocycles. The Morgan fingerprint density at radius 1 is 1.33 bits per heavy atom. The summed E-state index contributed by atoms with van der Waals surface area (Å²) in [5.74, 6) is 0. The third-order valence-corrected chi connectivity index (χ3v) is 4.99. The maximum Gasteiger partial charge on any atom is 0.0236 e. The molecule has 2 heteroatoms. The van der Waals surface area contributed by atoms with Crippen molar-refractivity contribution < 1.29 is 0 Å². The summed E-state index contributed by atoms with van der Waals surface area (Å²) >= 11 is 0. The van der Waals surface area contributed by atoms with E-state index in [2.05, 4.69) is 42.2 Å². The van der Waals surface area contributed by atoms with Gasteiger partial charge >= 0.3 is 0 Å². The quantitative estimate of drug-likeness (QED) is 0.882. The zero-order chi connectivity index (χ0) is 12.6. The van der Waals surface area contributed by atoms with Crippen LogP contribution in [0.3, 0.4) is 0 Å². The van der Waals surface area contributed by atoms with E-state index in [-0.39, 0.29) is 0 Å². The molecule has 2 aliphatic rings. The number of nitrogens with zero attached hydrogens (tertiary/aromatic N) is 1. The summed E-state index contributed by atoms with van der Waals surface area (Å²) in [7, 11) is 0. The lowest BCUT2D eigenvalue weighted by atomic mass is 9.87. The number of likely N-dealkylation sites (tertiary alicyclic amines) is 1. The van der Waals surface area contributed by atoms with E-state index in [1.807, 2.05) is 0 Å². The molecule has 2 N–H and O–H groups in total. The predicted molar refractivity (Wildman–Crippen MR) is 75.2 cm³/mol. The Morgan fingerprint density at radius 3 is 2.67 bits per heavy atom. The van der Waals surface area contributed by atoms with Crippen molar-refractivity contribution in [3.63, 3.8) is 0 Å². The van der Waals surface area contributed by atoms with Gasteiger partial charge in [-0.3, -0.25) is 4.90 Å². The molecular formula is C16H24N2. The molecule has 1 aromatic rings. The second-order valence-corrected chi connectivity index (χ2v) is 6.14. The molecule has 2 atom stereocenters. The highest BCUT2D eigenvalue weighted by Gasteiger charge is 2.54. The Bertz CT molecular complexity index is 395. The Labute approximate surface area is 110 Å². The topological polar surface area (TPSA) is 29.3 Å². The molecule has 3 rings (SSSR count). The van der Waals surface area contributed by atoms with Crippen molar-refractivity contribution in [2.45, 2.75) is 51.2 Å². The molecular weight excluding hydrogens is 220 g/mol. The smallest absolute Gasteiger partial charge is 0.0236 e. The molecule has 2 fully saturated rings. The van der Waals surface area contributed by atoms with Crippen LogP contribution in [-0.2, 0) is 6.54 Å². The van der Waals surface area contributed by atoms with Crippen LogP contribution in [0.1, 0.15) is 38.2 Å². The Hall–Kier alpha value is -0.860. The SMILES string of the molecule is CC(N)C1(C2CCCN2Cc2ccccc2)CC1. The summed E-state index contributed by atoms with van der Waals surface area (Å²) in [5, 5.41) is 0. The second kappa shape index (κ2) is 4.67. The normalized spacial score (nSPS) is 28.2. The van der Waals surface area contributed by atoms with E-state index < -0.39 is 0 Å². The second-order valence-electron chi connectivity index (χ2n) is 6.14. The van der Waals surface area contributed by atoms with Crippen LogP contribution in [0.5, 0.6) is 0 Å². The molecule has 2 nitrogen and oxygen atoms in total. The highest BCUT2D eigenvalue weighted by molar-refractivity contribution is 5.16. The summed E-state index contributed by atoms with van der Waals surface area (Å²) in [5.41, 5.74) is 8.11. The van der Waals surface area contributed by atoms with Gasteiger partial charge in [-0.25, -0.2) is 0 Å². The van der Waals surface area contributed by atoms with Crippen LogP contribution in [0.25, 0.3) is 0 Å². The highest BCUT2D eigenvalue weighted by Crippen LogP contribution is 2.55. The minimum absolute atomic E-state index is 0.346. The zero-order valence-corrected chi connectivity index (χ0v) is 11.3. The fourth-order valence-corrected chi connectivity index (χ4v) is 3.72. The molecule has 1 saturated heterocycles. The van der Waals surface area contributed by atoms with Crippen LogP contribution in [-0.4, -0.2) is 23.5 Å². The van der Waals surface area contributed by atoms with E-state index in [0.29, 0.717) is 11.5 Å². The largest absolute Gasteiger partial charge is 0.327 e. The molecule has 0 bridgehead atoms. The van der Waals surface area contributed by atoms with Gasteiger partial charge in [0.05, 0.1) is 0 Å². The number of nitrogens with two attached hydrogens (primary N) is 1. The maximum atomic E-state index is 6.24. The maximum absolute atomic E-state index is 6.24. The lowest BCUT2D eigenvalue weighted by Gasteiger charge is -2.34. The standard InChI is InChI=1S/C16H24N2/c1-13(17)16(9-10-16)15-8-5-11-18(15)12-14-6-3-2-4-7-14/h2-4,6-7,13,15H,5,8-12,17H2,1H3. The van der Waals surface area contributed by atoms with Crippen molar-refractivity contribution in [1.82, 2.24) is 4.90 Å². The third kappa shape index (κ3) is 2.08. The molecule has 1 saturated carbocycles. The minimum Gasteiger partial charge on any atom is -0.327 e. The van der Waals surface area contributed by atoms with Gasteiger partial charge in [0.15, 0.2) is 0 Å². The van der Waals surface area contributed by atoms with Crippen molar-refractivity contribution in [3.05, 3.63) is 35.9 Å². The summed E-state index contributed by atoms with van der Waals surface area (Å²) in [6.45, 7) is 4.54. The van der Waals surface area contributed by atoms with Crippen LogP contribution in [0.2, 0.25) is 0 Å². The highest BCUT2D eigenvalue weighted by atomic mass is 15.2. The van der Waals surface area contributed by atoms with E-state index in [0.717, 1.165) is 12.6 Å². The first-order chi connectivity index (χ1) is 8.72. The number of rotatable bonds is 4. The fourth-order valence-electron chi connectivity index (χ4n) is 3.72. The Kier molecular flexibility index (Phi) is 3.16. The summed E-state index contributed by atoms with van der Waals surface area (Å²) in [4.78, 5) is 2.67. The first kappa shape index (κ1) is 12.2. The molecule has 1 aliphatic carbocycles. The van der Waals surface area contributed by atoms with Crippen LogP contribution in [0, 0.1) is 5.41 Å². The first-order valence-corrected chi connectivity index (χ1v) is 7.26. The first-order valence-electron chi connectivity index (χ1n) is 7.26. The molecule has 18 heavy (non-hydrogen) atoms. The minimum atomic E-state index is 0.346. The monoisotopic (exact) mass is 244 g/mol. The number of benzene rings is 1. The van der Waals surface area contributed by atoms with Crippen molar-refractivity contribution in [1.29, 1.82) is 0 Å². The van der Waals surface area contributed by atoms with Gasteiger partial charge in [0.25, 0.3) is 0 Å². The lowest BCUT2D eigenvalue weighted by molar-refractivity contribution is 0.150. The average Bonchev–Trinajstić information content (AvgIpc) is 3.06. The van der Waals surface area contributed by atoms with Gasteiger partial charge in [0.2, 0.25) is 0 Å². The molecule has 0 spiro atoms. The Morgan fingerprint density at radius 2 is 2.06 bits per heavy atom. The summed E-state index contributed by atoms with van der Waals surface area (Å²) in [6.07, 6.45) is 5.35. The van der Waals surface area contributed by atoms with Gasteiger partial charge in [0.1, 0.15) is 0 Å². The molecule has 2 unspecified atom stereocenters.